The highest BCUT2D eigenvalue weighted by molar-refractivity contribution is 7.99. The zero-order valence-corrected chi connectivity index (χ0v) is 18.1. The summed E-state index contributed by atoms with van der Waals surface area (Å²) in [6.45, 7) is 5.30. The SMILES string of the molecule is COc1ccc(-c2nnc(SCC(=O)NC(C)C)n2C[C@H]2CCCO2)cc1OC. The molecule has 2 aromatic rings. The number of methoxy groups -OCH3 is 2. The van der Waals surface area contributed by atoms with Crippen molar-refractivity contribution < 1.29 is 19.0 Å². The number of carbonyl (C=O) groups is 1. The molecule has 1 aromatic carbocycles. The molecule has 1 saturated heterocycles. The molecule has 0 aliphatic carbocycles. The van der Waals surface area contributed by atoms with Crippen LogP contribution in [0.5, 0.6) is 11.5 Å². The van der Waals surface area contributed by atoms with Crippen LogP contribution in [0.2, 0.25) is 0 Å². The van der Waals surface area contributed by atoms with E-state index in [1.54, 1.807) is 14.2 Å². The van der Waals surface area contributed by atoms with E-state index in [0.717, 1.165) is 25.0 Å². The van der Waals surface area contributed by atoms with Gasteiger partial charge in [0.25, 0.3) is 0 Å². The molecule has 158 valence electrons. The van der Waals surface area contributed by atoms with Crippen molar-refractivity contribution in [1.82, 2.24) is 20.1 Å². The summed E-state index contributed by atoms with van der Waals surface area (Å²) in [5, 5.41) is 12.4. The largest absolute Gasteiger partial charge is 0.493 e. The summed E-state index contributed by atoms with van der Waals surface area (Å²) in [7, 11) is 3.21. The lowest BCUT2D eigenvalue weighted by Crippen LogP contribution is -2.31. The van der Waals surface area contributed by atoms with E-state index in [2.05, 4.69) is 15.5 Å². The van der Waals surface area contributed by atoms with Crippen LogP contribution in [0.15, 0.2) is 23.4 Å². The van der Waals surface area contributed by atoms with Crippen molar-refractivity contribution in [2.75, 3.05) is 26.6 Å². The zero-order chi connectivity index (χ0) is 20.8. The van der Waals surface area contributed by atoms with Crippen LogP contribution in [0, 0.1) is 0 Å². The van der Waals surface area contributed by atoms with Crippen LogP contribution in [0.25, 0.3) is 11.4 Å². The lowest BCUT2D eigenvalue weighted by molar-refractivity contribution is -0.119. The quantitative estimate of drug-likeness (QED) is 0.624. The van der Waals surface area contributed by atoms with Gasteiger partial charge in [-0.25, -0.2) is 0 Å². The van der Waals surface area contributed by atoms with E-state index >= 15 is 0 Å². The first-order valence-electron chi connectivity index (χ1n) is 9.71. The topological polar surface area (TPSA) is 87.5 Å². The number of aromatic nitrogens is 3. The van der Waals surface area contributed by atoms with E-state index in [1.807, 2.05) is 36.6 Å². The highest BCUT2D eigenvalue weighted by Crippen LogP contribution is 2.33. The maximum atomic E-state index is 12.1. The molecule has 0 spiro atoms. The number of rotatable bonds is 9. The molecule has 9 heteroatoms. The van der Waals surface area contributed by atoms with Crippen LogP contribution >= 0.6 is 11.8 Å². The summed E-state index contributed by atoms with van der Waals surface area (Å²) in [6, 6.07) is 5.77. The summed E-state index contributed by atoms with van der Waals surface area (Å²) in [4.78, 5) is 12.1. The van der Waals surface area contributed by atoms with Gasteiger partial charge in [0.15, 0.2) is 22.5 Å². The molecule has 1 fully saturated rings. The van der Waals surface area contributed by atoms with E-state index in [4.69, 9.17) is 14.2 Å². The fourth-order valence-electron chi connectivity index (χ4n) is 3.23. The third-order valence-corrected chi connectivity index (χ3v) is 5.52. The van der Waals surface area contributed by atoms with Crippen molar-refractivity contribution in [3.63, 3.8) is 0 Å². The second kappa shape index (κ2) is 9.98. The van der Waals surface area contributed by atoms with E-state index < -0.39 is 0 Å². The van der Waals surface area contributed by atoms with Gasteiger partial charge in [0.1, 0.15) is 0 Å². The number of carbonyl (C=O) groups excluding carboxylic acids is 1. The Kier molecular flexibility index (Phi) is 7.38. The Labute approximate surface area is 175 Å². The first-order valence-corrected chi connectivity index (χ1v) is 10.7. The highest BCUT2D eigenvalue weighted by Gasteiger charge is 2.23. The van der Waals surface area contributed by atoms with E-state index in [9.17, 15) is 4.79 Å². The average molecular weight is 421 g/mol. The summed E-state index contributed by atoms with van der Waals surface area (Å²) in [6.07, 6.45) is 2.17. The average Bonchev–Trinajstić information content (AvgIpc) is 3.35. The molecule has 1 atom stereocenters. The molecule has 3 rings (SSSR count). The summed E-state index contributed by atoms with van der Waals surface area (Å²) in [5.41, 5.74) is 0.867. The number of benzene rings is 1. The van der Waals surface area contributed by atoms with Gasteiger partial charge in [0, 0.05) is 18.2 Å². The molecule has 0 bridgehead atoms. The van der Waals surface area contributed by atoms with Gasteiger partial charge in [0.05, 0.1) is 32.6 Å². The van der Waals surface area contributed by atoms with Gasteiger partial charge >= 0.3 is 0 Å². The van der Waals surface area contributed by atoms with Crippen LogP contribution in [-0.2, 0) is 16.1 Å². The number of nitrogens with one attached hydrogen (secondary N) is 1. The van der Waals surface area contributed by atoms with Crippen LogP contribution in [-0.4, -0.2) is 59.4 Å². The van der Waals surface area contributed by atoms with Crippen molar-refractivity contribution in [3.05, 3.63) is 18.2 Å². The third kappa shape index (κ3) is 5.42. The predicted octanol–water partition coefficient (Wildman–Crippen LogP) is 2.76. The number of ether oxygens (including phenoxy) is 3. The molecule has 1 amide bonds. The van der Waals surface area contributed by atoms with Gasteiger partial charge in [-0.15, -0.1) is 10.2 Å². The van der Waals surface area contributed by atoms with Gasteiger partial charge < -0.3 is 19.5 Å². The monoisotopic (exact) mass is 420 g/mol. The fourth-order valence-corrected chi connectivity index (χ4v) is 3.99. The van der Waals surface area contributed by atoms with Gasteiger partial charge in [0.2, 0.25) is 5.91 Å². The fraction of sp³-hybridized carbons (Fsp3) is 0.550. The molecule has 1 aliphatic rings. The summed E-state index contributed by atoms with van der Waals surface area (Å²) in [5.74, 6) is 2.26. The van der Waals surface area contributed by atoms with Crippen LogP contribution in [0.3, 0.4) is 0 Å². The maximum absolute atomic E-state index is 12.1. The van der Waals surface area contributed by atoms with Crippen molar-refractivity contribution in [2.24, 2.45) is 0 Å². The molecule has 8 nitrogen and oxygen atoms in total. The van der Waals surface area contributed by atoms with Crippen LogP contribution in [0.1, 0.15) is 26.7 Å². The highest BCUT2D eigenvalue weighted by atomic mass is 32.2. The normalized spacial score (nSPS) is 16.2. The molecule has 0 radical (unpaired) electrons. The molecule has 0 unspecified atom stereocenters. The second-order valence-corrected chi connectivity index (χ2v) is 8.07. The minimum atomic E-state index is -0.0238. The number of thioether (sulfide) groups is 1. The Balaban J connectivity index is 1.88. The summed E-state index contributed by atoms with van der Waals surface area (Å²) >= 11 is 1.38. The van der Waals surface area contributed by atoms with E-state index in [0.29, 0.717) is 29.0 Å². The van der Waals surface area contributed by atoms with Crippen LogP contribution < -0.4 is 14.8 Å². The number of amides is 1. The first kappa shape index (κ1) is 21.4. The molecule has 1 aliphatic heterocycles. The van der Waals surface area contributed by atoms with Crippen molar-refractivity contribution in [3.8, 4) is 22.9 Å². The Morgan fingerprint density at radius 3 is 2.76 bits per heavy atom. The molecule has 1 N–H and O–H groups in total. The Morgan fingerprint density at radius 2 is 2.10 bits per heavy atom. The number of nitrogens with zero attached hydrogens (tertiary/aromatic N) is 3. The molecule has 1 aromatic heterocycles. The van der Waals surface area contributed by atoms with Gasteiger partial charge in [-0.2, -0.15) is 0 Å². The standard InChI is InChI=1S/C20H28N4O4S/c1-13(2)21-18(25)12-29-20-23-22-19(24(20)11-15-6-5-9-28-15)14-7-8-16(26-3)17(10-14)27-4/h7-8,10,13,15H,5-6,9,11-12H2,1-4H3,(H,21,25)/t15-/m1/s1. The lowest BCUT2D eigenvalue weighted by Gasteiger charge is -2.15. The molecular weight excluding hydrogens is 392 g/mol. The Hall–Kier alpha value is -2.26. The van der Waals surface area contributed by atoms with Crippen molar-refractivity contribution >= 4 is 17.7 Å². The first-order chi connectivity index (χ1) is 14.0. The van der Waals surface area contributed by atoms with E-state index in [-0.39, 0.29) is 23.8 Å². The van der Waals surface area contributed by atoms with Crippen LogP contribution in [0.4, 0.5) is 0 Å². The second-order valence-electron chi connectivity index (χ2n) is 7.13. The van der Waals surface area contributed by atoms with Gasteiger partial charge in [-0.3, -0.25) is 9.36 Å². The third-order valence-electron chi connectivity index (χ3n) is 4.55. The minimum Gasteiger partial charge on any atom is -0.493 e. The summed E-state index contributed by atoms with van der Waals surface area (Å²) < 4.78 is 18.6. The van der Waals surface area contributed by atoms with E-state index in [1.165, 1.54) is 11.8 Å². The predicted molar refractivity (Wildman–Crippen MR) is 112 cm³/mol. The Morgan fingerprint density at radius 1 is 1.31 bits per heavy atom. The van der Waals surface area contributed by atoms with Gasteiger partial charge in [-0.05, 0) is 44.9 Å². The molecule has 0 saturated carbocycles. The maximum Gasteiger partial charge on any atom is 0.230 e. The minimum absolute atomic E-state index is 0.0238. The number of hydrogen-bond acceptors (Lipinski definition) is 7. The molecule has 2 heterocycles. The van der Waals surface area contributed by atoms with Crippen molar-refractivity contribution in [1.29, 1.82) is 0 Å². The number of hydrogen-bond donors (Lipinski definition) is 1. The van der Waals surface area contributed by atoms with Gasteiger partial charge in [-0.1, -0.05) is 11.8 Å². The lowest BCUT2D eigenvalue weighted by atomic mass is 10.1. The zero-order valence-electron chi connectivity index (χ0n) is 17.3. The molecular formula is C20H28N4O4S. The van der Waals surface area contributed by atoms with Crippen molar-refractivity contribution in [2.45, 2.75) is 50.5 Å². The smallest absolute Gasteiger partial charge is 0.230 e. The Bertz CT molecular complexity index is 834. The molecule has 29 heavy (non-hydrogen) atoms.